The molecular formula is C22H21Cl2N5O2S. The van der Waals surface area contributed by atoms with E-state index in [2.05, 4.69) is 20.6 Å². The van der Waals surface area contributed by atoms with Gasteiger partial charge in [-0.1, -0.05) is 35.3 Å². The summed E-state index contributed by atoms with van der Waals surface area (Å²) in [4.78, 5) is 35.8. The van der Waals surface area contributed by atoms with Gasteiger partial charge in [-0.15, -0.1) is 11.3 Å². The van der Waals surface area contributed by atoms with Crippen molar-refractivity contribution in [3.05, 3.63) is 69.4 Å². The maximum Gasteiger partial charge on any atom is 0.273 e. The molecule has 1 aliphatic heterocycles. The molecule has 166 valence electrons. The molecule has 1 aromatic carbocycles. The summed E-state index contributed by atoms with van der Waals surface area (Å²) in [5.41, 5.74) is 1.90. The second-order valence-electron chi connectivity index (χ2n) is 7.43. The van der Waals surface area contributed by atoms with Gasteiger partial charge in [0.1, 0.15) is 5.69 Å². The fourth-order valence-electron chi connectivity index (χ4n) is 3.52. The lowest BCUT2D eigenvalue weighted by Crippen LogP contribution is -2.45. The van der Waals surface area contributed by atoms with Crippen molar-refractivity contribution >= 4 is 57.2 Å². The minimum atomic E-state index is -0.245. The van der Waals surface area contributed by atoms with Crippen molar-refractivity contribution in [2.24, 2.45) is 5.92 Å². The van der Waals surface area contributed by atoms with Crippen LogP contribution < -0.4 is 10.6 Å². The zero-order valence-electron chi connectivity index (χ0n) is 17.1. The van der Waals surface area contributed by atoms with E-state index < -0.39 is 0 Å². The standard InChI is InChI=1S/C22H21Cl2N5O2S/c23-16-6-1-7-17(19(16)24)27-22-28-18(13-32-22)21(31)29-9-3-5-15(12-29)20(30)26-11-14-4-2-8-25-10-14/h1-2,4,6-8,10,13,15H,3,5,9,11-12H2,(H,26,30)(H,27,28). The number of likely N-dealkylation sites (tertiary alicyclic amines) is 1. The van der Waals surface area contributed by atoms with Crippen molar-refractivity contribution in [3.63, 3.8) is 0 Å². The number of amides is 2. The number of rotatable bonds is 6. The molecular weight excluding hydrogens is 469 g/mol. The van der Waals surface area contributed by atoms with Crippen LogP contribution >= 0.6 is 34.5 Å². The highest BCUT2D eigenvalue weighted by atomic mass is 35.5. The number of benzene rings is 1. The molecule has 1 aliphatic rings. The molecule has 0 aliphatic carbocycles. The summed E-state index contributed by atoms with van der Waals surface area (Å²) >= 11 is 13.6. The Hall–Kier alpha value is -2.68. The summed E-state index contributed by atoms with van der Waals surface area (Å²) in [6.07, 6.45) is 4.93. The quantitative estimate of drug-likeness (QED) is 0.521. The third-order valence-electron chi connectivity index (χ3n) is 5.19. The van der Waals surface area contributed by atoms with Crippen LogP contribution in [-0.4, -0.2) is 39.8 Å². The van der Waals surface area contributed by atoms with Gasteiger partial charge in [-0.2, -0.15) is 0 Å². The van der Waals surface area contributed by atoms with E-state index in [1.54, 1.807) is 40.9 Å². The monoisotopic (exact) mass is 489 g/mol. The van der Waals surface area contributed by atoms with Crippen LogP contribution in [0.2, 0.25) is 10.0 Å². The summed E-state index contributed by atoms with van der Waals surface area (Å²) in [6.45, 7) is 1.40. The lowest BCUT2D eigenvalue weighted by atomic mass is 9.97. The first-order valence-electron chi connectivity index (χ1n) is 10.1. The van der Waals surface area contributed by atoms with Crippen molar-refractivity contribution in [3.8, 4) is 0 Å². The van der Waals surface area contributed by atoms with E-state index in [9.17, 15) is 9.59 Å². The number of carbonyl (C=O) groups is 2. The molecule has 0 spiro atoms. The maximum atomic E-state index is 13.0. The Balaban J connectivity index is 1.36. The van der Waals surface area contributed by atoms with Gasteiger partial charge < -0.3 is 15.5 Å². The highest BCUT2D eigenvalue weighted by Crippen LogP contribution is 2.32. The van der Waals surface area contributed by atoms with Crippen LogP contribution in [0.15, 0.2) is 48.1 Å². The van der Waals surface area contributed by atoms with Crippen LogP contribution in [0.1, 0.15) is 28.9 Å². The van der Waals surface area contributed by atoms with Gasteiger partial charge in [0.2, 0.25) is 5.91 Å². The lowest BCUT2D eigenvalue weighted by Gasteiger charge is -2.31. The molecule has 0 bridgehead atoms. The number of aromatic nitrogens is 2. The average molecular weight is 490 g/mol. The molecule has 7 nitrogen and oxygen atoms in total. The molecule has 3 aromatic rings. The second kappa shape index (κ2) is 10.3. The molecule has 1 saturated heterocycles. The van der Waals surface area contributed by atoms with Crippen LogP contribution in [0.5, 0.6) is 0 Å². The summed E-state index contributed by atoms with van der Waals surface area (Å²) < 4.78 is 0. The number of pyridine rings is 1. The smallest absolute Gasteiger partial charge is 0.273 e. The Labute approximate surface area is 199 Å². The van der Waals surface area contributed by atoms with Crippen molar-refractivity contribution in [1.82, 2.24) is 20.2 Å². The third kappa shape index (κ3) is 5.38. The Morgan fingerprint density at radius 2 is 2.09 bits per heavy atom. The normalized spacial score (nSPS) is 15.9. The Bertz CT molecular complexity index is 1110. The number of hydrogen-bond donors (Lipinski definition) is 2. The molecule has 1 atom stereocenters. The predicted molar refractivity (Wildman–Crippen MR) is 127 cm³/mol. The minimum Gasteiger partial charge on any atom is -0.352 e. The van der Waals surface area contributed by atoms with E-state index >= 15 is 0 Å². The number of hydrogen-bond acceptors (Lipinski definition) is 6. The van der Waals surface area contributed by atoms with Gasteiger partial charge >= 0.3 is 0 Å². The number of carbonyl (C=O) groups excluding carboxylic acids is 2. The summed E-state index contributed by atoms with van der Waals surface area (Å²) in [5.74, 6) is -0.482. The molecule has 1 unspecified atom stereocenters. The Kier molecular flexibility index (Phi) is 7.24. The largest absolute Gasteiger partial charge is 0.352 e. The second-order valence-corrected chi connectivity index (χ2v) is 9.08. The van der Waals surface area contributed by atoms with Gasteiger partial charge in [-0.25, -0.2) is 4.98 Å². The number of halogens is 2. The predicted octanol–water partition coefficient (Wildman–Crippen LogP) is 4.76. The molecule has 32 heavy (non-hydrogen) atoms. The van der Waals surface area contributed by atoms with Gasteiger partial charge in [-0.3, -0.25) is 14.6 Å². The third-order valence-corrected chi connectivity index (χ3v) is 6.76. The molecule has 2 amide bonds. The number of piperidine rings is 1. The molecule has 2 aromatic heterocycles. The van der Waals surface area contributed by atoms with Crippen LogP contribution in [-0.2, 0) is 11.3 Å². The van der Waals surface area contributed by atoms with E-state index in [-0.39, 0.29) is 17.7 Å². The van der Waals surface area contributed by atoms with Gasteiger partial charge in [0.05, 0.1) is 21.7 Å². The van der Waals surface area contributed by atoms with E-state index in [1.807, 2.05) is 12.1 Å². The molecule has 10 heteroatoms. The van der Waals surface area contributed by atoms with Crippen molar-refractivity contribution in [2.75, 3.05) is 18.4 Å². The zero-order chi connectivity index (χ0) is 22.5. The van der Waals surface area contributed by atoms with Crippen LogP contribution in [0.3, 0.4) is 0 Å². The average Bonchev–Trinajstić information content (AvgIpc) is 3.29. The van der Waals surface area contributed by atoms with E-state index in [4.69, 9.17) is 23.2 Å². The van der Waals surface area contributed by atoms with Gasteiger partial charge in [0, 0.05) is 37.4 Å². The fraction of sp³-hybridized carbons (Fsp3) is 0.273. The number of nitrogens with one attached hydrogen (secondary N) is 2. The molecule has 1 fully saturated rings. The summed E-state index contributed by atoms with van der Waals surface area (Å²) in [7, 11) is 0. The van der Waals surface area contributed by atoms with Crippen LogP contribution in [0, 0.1) is 5.92 Å². The first-order chi connectivity index (χ1) is 15.5. The topological polar surface area (TPSA) is 87.2 Å². The first-order valence-corrected chi connectivity index (χ1v) is 11.8. The first kappa shape index (κ1) is 22.5. The number of anilines is 2. The van der Waals surface area contributed by atoms with Gasteiger partial charge in [0.25, 0.3) is 5.91 Å². The van der Waals surface area contributed by atoms with Crippen LogP contribution in [0.25, 0.3) is 0 Å². The molecule has 4 rings (SSSR count). The van der Waals surface area contributed by atoms with Gasteiger partial charge in [0.15, 0.2) is 5.13 Å². The van der Waals surface area contributed by atoms with E-state index in [0.717, 1.165) is 18.4 Å². The SMILES string of the molecule is O=C(NCc1cccnc1)C1CCCN(C(=O)c2csc(Nc3cccc(Cl)c3Cl)n2)C1. The van der Waals surface area contributed by atoms with Crippen LogP contribution in [0.4, 0.5) is 10.8 Å². The molecule has 2 N–H and O–H groups in total. The highest BCUT2D eigenvalue weighted by molar-refractivity contribution is 7.14. The number of nitrogens with zero attached hydrogens (tertiary/aromatic N) is 3. The Morgan fingerprint density at radius 1 is 1.22 bits per heavy atom. The van der Waals surface area contributed by atoms with E-state index in [1.165, 1.54) is 11.3 Å². The maximum absolute atomic E-state index is 13.0. The molecule has 0 radical (unpaired) electrons. The van der Waals surface area contributed by atoms with Crippen molar-refractivity contribution in [1.29, 1.82) is 0 Å². The van der Waals surface area contributed by atoms with E-state index in [0.29, 0.717) is 46.2 Å². The van der Waals surface area contributed by atoms with Crippen molar-refractivity contribution < 1.29 is 9.59 Å². The highest BCUT2D eigenvalue weighted by Gasteiger charge is 2.29. The fourth-order valence-corrected chi connectivity index (χ4v) is 4.56. The number of thiazole rings is 1. The van der Waals surface area contributed by atoms with Crippen molar-refractivity contribution in [2.45, 2.75) is 19.4 Å². The minimum absolute atomic E-state index is 0.0532. The molecule has 0 saturated carbocycles. The zero-order valence-corrected chi connectivity index (χ0v) is 19.4. The molecule has 3 heterocycles. The lowest BCUT2D eigenvalue weighted by molar-refractivity contribution is -0.126. The summed E-state index contributed by atoms with van der Waals surface area (Å²) in [6, 6.07) is 9.01. The van der Waals surface area contributed by atoms with Gasteiger partial charge in [-0.05, 0) is 36.6 Å². The Morgan fingerprint density at radius 3 is 2.91 bits per heavy atom. The summed E-state index contributed by atoms with van der Waals surface area (Å²) in [5, 5.41) is 9.12.